The van der Waals surface area contributed by atoms with Crippen molar-refractivity contribution in [1.82, 2.24) is 5.32 Å². The highest BCUT2D eigenvalue weighted by Crippen LogP contribution is 2.17. The first kappa shape index (κ1) is 12.4. The molecule has 0 aromatic heterocycles. The molecular formula is C13H24N2. The summed E-state index contributed by atoms with van der Waals surface area (Å²) in [7, 11) is 0. The fourth-order valence-electron chi connectivity index (χ4n) is 2.21. The highest BCUT2D eigenvalue weighted by atomic mass is 14.9. The van der Waals surface area contributed by atoms with Gasteiger partial charge in [0.05, 0.1) is 0 Å². The first-order valence-electron chi connectivity index (χ1n) is 6.20. The molecule has 0 amide bonds. The second-order valence-electron chi connectivity index (χ2n) is 4.24. The molecule has 1 rings (SSSR count). The van der Waals surface area contributed by atoms with Crippen molar-refractivity contribution < 1.29 is 0 Å². The Morgan fingerprint density at radius 2 is 2.33 bits per heavy atom. The monoisotopic (exact) mass is 208 g/mol. The van der Waals surface area contributed by atoms with Crippen molar-refractivity contribution in [3.05, 3.63) is 12.2 Å². The number of hydrogen-bond donors (Lipinski definition) is 1. The Balaban J connectivity index is 2.61. The Kier molecular flexibility index (Phi) is 5.62. The summed E-state index contributed by atoms with van der Waals surface area (Å²) < 4.78 is 0. The second kappa shape index (κ2) is 6.78. The van der Waals surface area contributed by atoms with E-state index in [1.165, 1.54) is 31.5 Å². The molecule has 1 fully saturated rings. The van der Waals surface area contributed by atoms with Gasteiger partial charge in [0, 0.05) is 24.2 Å². The maximum absolute atomic E-state index is 4.58. The zero-order chi connectivity index (χ0) is 11.1. The summed E-state index contributed by atoms with van der Waals surface area (Å²) in [6.45, 7) is 8.51. The molecule has 2 atom stereocenters. The lowest BCUT2D eigenvalue weighted by Crippen LogP contribution is -2.41. The van der Waals surface area contributed by atoms with E-state index in [0.29, 0.717) is 12.0 Å². The summed E-state index contributed by atoms with van der Waals surface area (Å²) in [4.78, 5) is 4.58. The van der Waals surface area contributed by atoms with Crippen LogP contribution in [0.3, 0.4) is 0 Å². The number of aliphatic imine (C=N–C) groups is 1. The van der Waals surface area contributed by atoms with Crippen LogP contribution in [0.1, 0.15) is 40.0 Å². The van der Waals surface area contributed by atoms with E-state index < -0.39 is 0 Å². The largest absolute Gasteiger partial charge is 0.313 e. The molecule has 15 heavy (non-hydrogen) atoms. The van der Waals surface area contributed by atoms with Gasteiger partial charge in [-0.2, -0.15) is 0 Å². The molecule has 86 valence electrons. The Morgan fingerprint density at radius 3 is 2.87 bits per heavy atom. The molecule has 1 N–H and O–H groups in total. The third-order valence-electron chi connectivity index (χ3n) is 3.10. The highest BCUT2D eigenvalue weighted by molar-refractivity contribution is 5.97. The van der Waals surface area contributed by atoms with E-state index in [1.54, 1.807) is 0 Å². The molecule has 0 bridgehead atoms. The molecule has 1 saturated heterocycles. The number of nitrogens with one attached hydrogen (secondary N) is 1. The summed E-state index contributed by atoms with van der Waals surface area (Å²) in [5.41, 5.74) is 1.25. The average molecular weight is 208 g/mol. The molecule has 0 radical (unpaired) electrons. The lowest BCUT2D eigenvalue weighted by Gasteiger charge is -2.29. The highest BCUT2D eigenvalue weighted by Gasteiger charge is 2.21. The van der Waals surface area contributed by atoms with Gasteiger partial charge in [-0.3, -0.25) is 4.99 Å². The zero-order valence-electron chi connectivity index (χ0n) is 10.3. The van der Waals surface area contributed by atoms with Crippen molar-refractivity contribution in [3.8, 4) is 0 Å². The summed E-state index contributed by atoms with van der Waals surface area (Å²) in [6, 6.07) is 0.625. The van der Waals surface area contributed by atoms with Gasteiger partial charge in [0.2, 0.25) is 0 Å². The van der Waals surface area contributed by atoms with Crippen LogP contribution in [0, 0.1) is 5.92 Å². The Morgan fingerprint density at radius 1 is 1.53 bits per heavy atom. The van der Waals surface area contributed by atoms with Crippen LogP contribution in [0.5, 0.6) is 0 Å². The lowest BCUT2D eigenvalue weighted by atomic mass is 9.89. The molecule has 0 aliphatic carbocycles. The van der Waals surface area contributed by atoms with Gasteiger partial charge < -0.3 is 5.32 Å². The van der Waals surface area contributed by atoms with Crippen LogP contribution >= 0.6 is 0 Å². The molecular weight excluding hydrogens is 184 g/mol. The molecule has 1 aliphatic rings. The van der Waals surface area contributed by atoms with Gasteiger partial charge in [-0.15, -0.1) is 0 Å². The van der Waals surface area contributed by atoms with Crippen LogP contribution in [0.2, 0.25) is 0 Å². The standard InChI is InChI=1S/C13H24N2/c1-4-8-12(14-5-2)11(3)13-9-6-7-10-15-13/h4,8,11,13,15H,5-7,9-10H2,1-3H3/b8-4-,14-12?. The number of rotatable bonds is 4. The van der Waals surface area contributed by atoms with E-state index in [1.807, 2.05) is 0 Å². The van der Waals surface area contributed by atoms with Crippen LogP contribution in [0.15, 0.2) is 17.1 Å². The third kappa shape index (κ3) is 3.78. The van der Waals surface area contributed by atoms with Crippen LogP contribution in [0.25, 0.3) is 0 Å². The number of hydrogen-bond acceptors (Lipinski definition) is 2. The van der Waals surface area contributed by atoms with Gasteiger partial charge in [-0.25, -0.2) is 0 Å². The molecule has 2 nitrogen and oxygen atoms in total. The summed E-state index contributed by atoms with van der Waals surface area (Å²) in [5.74, 6) is 0.543. The molecule has 2 unspecified atom stereocenters. The zero-order valence-corrected chi connectivity index (χ0v) is 10.3. The quantitative estimate of drug-likeness (QED) is 0.706. The minimum atomic E-state index is 0.543. The molecule has 2 heteroatoms. The Hall–Kier alpha value is -0.630. The van der Waals surface area contributed by atoms with Crippen molar-refractivity contribution in [1.29, 1.82) is 0 Å². The van der Waals surface area contributed by atoms with Gasteiger partial charge >= 0.3 is 0 Å². The van der Waals surface area contributed by atoms with E-state index >= 15 is 0 Å². The minimum Gasteiger partial charge on any atom is -0.313 e. The molecule has 1 heterocycles. The van der Waals surface area contributed by atoms with Gasteiger partial charge in [-0.05, 0) is 39.3 Å². The fraction of sp³-hybridized carbons (Fsp3) is 0.769. The molecule has 1 aliphatic heterocycles. The van der Waals surface area contributed by atoms with Gasteiger partial charge in [0.15, 0.2) is 0 Å². The SMILES string of the molecule is C/C=C\C(=NCC)C(C)C1CCCCN1. The average Bonchev–Trinajstić information content (AvgIpc) is 2.29. The smallest absolute Gasteiger partial charge is 0.0388 e. The second-order valence-corrected chi connectivity index (χ2v) is 4.24. The van der Waals surface area contributed by atoms with Gasteiger partial charge in [0.25, 0.3) is 0 Å². The van der Waals surface area contributed by atoms with Crippen molar-refractivity contribution in [2.75, 3.05) is 13.1 Å². The first-order valence-corrected chi connectivity index (χ1v) is 6.20. The summed E-state index contributed by atoms with van der Waals surface area (Å²) in [6.07, 6.45) is 8.23. The maximum Gasteiger partial charge on any atom is 0.0388 e. The van der Waals surface area contributed by atoms with E-state index in [4.69, 9.17) is 0 Å². The normalized spacial score (nSPS) is 25.8. The number of allylic oxidation sites excluding steroid dienone is 2. The maximum atomic E-state index is 4.58. The van der Waals surface area contributed by atoms with Crippen LogP contribution < -0.4 is 5.32 Å². The van der Waals surface area contributed by atoms with E-state index in [9.17, 15) is 0 Å². The predicted molar refractivity (Wildman–Crippen MR) is 67.6 cm³/mol. The Bertz CT molecular complexity index is 225. The molecule has 0 aromatic carbocycles. The van der Waals surface area contributed by atoms with Crippen LogP contribution in [0.4, 0.5) is 0 Å². The van der Waals surface area contributed by atoms with E-state index in [0.717, 1.165) is 6.54 Å². The summed E-state index contributed by atoms with van der Waals surface area (Å²) in [5, 5.41) is 3.60. The topological polar surface area (TPSA) is 24.4 Å². The van der Waals surface area contributed by atoms with Gasteiger partial charge in [0.1, 0.15) is 0 Å². The van der Waals surface area contributed by atoms with E-state index in [2.05, 4.69) is 43.2 Å². The van der Waals surface area contributed by atoms with Gasteiger partial charge in [-0.1, -0.05) is 19.4 Å². The lowest BCUT2D eigenvalue weighted by molar-refractivity contribution is 0.358. The fourth-order valence-corrected chi connectivity index (χ4v) is 2.21. The van der Waals surface area contributed by atoms with Crippen molar-refractivity contribution in [2.45, 2.75) is 46.1 Å². The van der Waals surface area contributed by atoms with Crippen molar-refractivity contribution in [3.63, 3.8) is 0 Å². The first-order chi connectivity index (χ1) is 7.29. The molecule has 0 aromatic rings. The molecule has 0 saturated carbocycles. The van der Waals surface area contributed by atoms with Crippen LogP contribution in [-0.4, -0.2) is 24.8 Å². The minimum absolute atomic E-state index is 0.543. The molecule has 0 spiro atoms. The number of nitrogens with zero attached hydrogens (tertiary/aromatic N) is 1. The van der Waals surface area contributed by atoms with Crippen molar-refractivity contribution >= 4 is 5.71 Å². The predicted octanol–water partition coefficient (Wildman–Crippen LogP) is 2.80. The Labute approximate surface area is 93.9 Å². The van der Waals surface area contributed by atoms with Crippen LogP contribution in [-0.2, 0) is 0 Å². The number of piperidine rings is 1. The third-order valence-corrected chi connectivity index (χ3v) is 3.10. The van der Waals surface area contributed by atoms with E-state index in [-0.39, 0.29) is 0 Å². The summed E-state index contributed by atoms with van der Waals surface area (Å²) >= 11 is 0. The van der Waals surface area contributed by atoms with Crippen molar-refractivity contribution in [2.24, 2.45) is 10.9 Å².